The van der Waals surface area contributed by atoms with Gasteiger partial charge in [-0.2, -0.15) is 0 Å². The zero-order valence-electron chi connectivity index (χ0n) is 11.2. The molecule has 0 radical (unpaired) electrons. The highest BCUT2D eigenvalue weighted by molar-refractivity contribution is 6.09. The zero-order chi connectivity index (χ0) is 12.7. The Morgan fingerprint density at radius 2 is 1.50 bits per heavy atom. The van der Waals surface area contributed by atoms with Crippen molar-refractivity contribution in [3.8, 4) is 0 Å². The lowest BCUT2D eigenvalue weighted by molar-refractivity contribution is 0.878. The van der Waals surface area contributed by atoms with Gasteiger partial charge in [0.25, 0.3) is 0 Å². The van der Waals surface area contributed by atoms with E-state index in [4.69, 9.17) is 0 Å². The van der Waals surface area contributed by atoms with Gasteiger partial charge in [0.2, 0.25) is 0 Å². The molecule has 0 atom stereocenters. The smallest absolute Gasteiger partial charge is 0.0103 e. The summed E-state index contributed by atoms with van der Waals surface area (Å²) in [7, 11) is 0. The van der Waals surface area contributed by atoms with Crippen molar-refractivity contribution >= 4 is 21.5 Å². The van der Waals surface area contributed by atoms with Gasteiger partial charge in [-0.25, -0.2) is 0 Å². The molecular formula is C18H18. The molecule has 0 heteroatoms. The molecule has 0 aliphatic heterocycles. The van der Waals surface area contributed by atoms with Crippen molar-refractivity contribution in [1.82, 2.24) is 0 Å². The van der Waals surface area contributed by atoms with Gasteiger partial charge in [-0.1, -0.05) is 67.9 Å². The first-order chi connectivity index (χ1) is 8.66. The minimum atomic E-state index is 0.555. The van der Waals surface area contributed by atoms with Crippen LogP contribution in [-0.2, 0) is 0 Å². The van der Waals surface area contributed by atoms with Crippen LogP contribution in [0.1, 0.15) is 30.9 Å². The van der Waals surface area contributed by atoms with E-state index in [0.29, 0.717) is 5.92 Å². The first-order valence-electron chi connectivity index (χ1n) is 6.59. The van der Waals surface area contributed by atoms with E-state index in [2.05, 4.69) is 69.3 Å². The molecule has 0 N–H and O–H groups in total. The van der Waals surface area contributed by atoms with Gasteiger partial charge in [-0.3, -0.25) is 0 Å². The highest BCUT2D eigenvalue weighted by Crippen LogP contribution is 2.32. The molecule has 3 aromatic rings. The molecule has 0 aliphatic carbocycles. The van der Waals surface area contributed by atoms with Gasteiger partial charge in [0, 0.05) is 0 Å². The molecule has 90 valence electrons. The number of rotatable bonds is 1. The number of hydrogen-bond acceptors (Lipinski definition) is 0. The Balaban J connectivity index is 2.53. The van der Waals surface area contributed by atoms with Crippen LogP contribution in [0.3, 0.4) is 0 Å². The molecule has 0 unspecified atom stereocenters. The number of fused-ring (bicyclic) bond motifs is 3. The highest BCUT2D eigenvalue weighted by Gasteiger charge is 2.08. The summed E-state index contributed by atoms with van der Waals surface area (Å²) in [4.78, 5) is 0. The third kappa shape index (κ3) is 1.69. The molecule has 0 spiro atoms. The highest BCUT2D eigenvalue weighted by atomic mass is 14.1. The summed E-state index contributed by atoms with van der Waals surface area (Å²) in [5.41, 5.74) is 2.77. The van der Waals surface area contributed by atoms with E-state index in [-0.39, 0.29) is 0 Å². The Bertz CT molecular complexity index is 721. The summed E-state index contributed by atoms with van der Waals surface area (Å²) >= 11 is 0. The van der Waals surface area contributed by atoms with E-state index in [1.54, 1.807) is 0 Å². The van der Waals surface area contributed by atoms with Gasteiger partial charge in [-0.15, -0.1) is 0 Å². The Hall–Kier alpha value is -1.82. The monoisotopic (exact) mass is 234 g/mol. The van der Waals surface area contributed by atoms with Crippen LogP contribution in [0.5, 0.6) is 0 Å². The molecule has 0 amide bonds. The van der Waals surface area contributed by atoms with Crippen molar-refractivity contribution in [3.63, 3.8) is 0 Å². The minimum Gasteiger partial charge on any atom is -0.0616 e. The second-order valence-corrected chi connectivity index (χ2v) is 5.39. The van der Waals surface area contributed by atoms with E-state index >= 15 is 0 Å². The quantitative estimate of drug-likeness (QED) is 0.493. The first-order valence-corrected chi connectivity index (χ1v) is 6.59. The summed E-state index contributed by atoms with van der Waals surface area (Å²) in [6, 6.07) is 17.8. The van der Waals surface area contributed by atoms with Crippen LogP contribution < -0.4 is 0 Å². The van der Waals surface area contributed by atoms with Crippen LogP contribution in [-0.4, -0.2) is 0 Å². The Kier molecular flexibility index (Phi) is 2.59. The fraction of sp³-hybridized carbons (Fsp3) is 0.222. The molecule has 0 aliphatic rings. The second kappa shape index (κ2) is 4.13. The first kappa shape index (κ1) is 11.3. The molecule has 0 fully saturated rings. The maximum Gasteiger partial charge on any atom is -0.0103 e. The molecule has 0 bridgehead atoms. The fourth-order valence-corrected chi connectivity index (χ4v) is 2.74. The van der Waals surface area contributed by atoms with Crippen molar-refractivity contribution in [3.05, 3.63) is 59.7 Å². The topological polar surface area (TPSA) is 0 Å². The van der Waals surface area contributed by atoms with Crippen LogP contribution in [0.25, 0.3) is 21.5 Å². The average Bonchev–Trinajstić information content (AvgIpc) is 2.37. The second-order valence-electron chi connectivity index (χ2n) is 5.39. The molecule has 3 rings (SSSR count). The van der Waals surface area contributed by atoms with Gasteiger partial charge in [-0.05, 0) is 39.9 Å². The maximum absolute atomic E-state index is 2.36. The molecule has 0 saturated heterocycles. The number of aryl methyl sites for hydroxylation is 1. The van der Waals surface area contributed by atoms with E-state index in [0.717, 1.165) is 0 Å². The summed E-state index contributed by atoms with van der Waals surface area (Å²) in [5.74, 6) is 0.555. The van der Waals surface area contributed by atoms with Crippen molar-refractivity contribution in [2.75, 3.05) is 0 Å². The molecular weight excluding hydrogens is 216 g/mol. The van der Waals surface area contributed by atoms with E-state index in [1.807, 2.05) is 0 Å². The third-order valence-corrected chi connectivity index (χ3v) is 3.67. The zero-order valence-corrected chi connectivity index (χ0v) is 11.2. The summed E-state index contributed by atoms with van der Waals surface area (Å²) < 4.78 is 0. The summed E-state index contributed by atoms with van der Waals surface area (Å²) in [6.07, 6.45) is 0. The van der Waals surface area contributed by atoms with Gasteiger partial charge in [0.05, 0.1) is 0 Å². The predicted octanol–water partition coefficient (Wildman–Crippen LogP) is 5.42. The number of hydrogen-bond donors (Lipinski definition) is 0. The Morgan fingerprint density at radius 1 is 0.778 bits per heavy atom. The molecule has 0 saturated carbocycles. The predicted molar refractivity (Wildman–Crippen MR) is 80.3 cm³/mol. The molecule has 3 aromatic carbocycles. The molecule has 0 aromatic heterocycles. The number of benzene rings is 3. The minimum absolute atomic E-state index is 0.555. The maximum atomic E-state index is 2.36. The van der Waals surface area contributed by atoms with Crippen molar-refractivity contribution in [2.24, 2.45) is 0 Å². The van der Waals surface area contributed by atoms with Crippen LogP contribution in [0.15, 0.2) is 48.5 Å². The molecule has 0 heterocycles. The van der Waals surface area contributed by atoms with Crippen LogP contribution in [0.4, 0.5) is 0 Å². The lowest BCUT2D eigenvalue weighted by Gasteiger charge is -2.13. The van der Waals surface area contributed by atoms with E-state index in [1.165, 1.54) is 32.7 Å². The van der Waals surface area contributed by atoms with Gasteiger partial charge >= 0.3 is 0 Å². The lowest BCUT2D eigenvalue weighted by atomic mass is 9.91. The molecule has 0 nitrogen and oxygen atoms in total. The van der Waals surface area contributed by atoms with Gasteiger partial charge in [0.1, 0.15) is 0 Å². The summed E-state index contributed by atoms with van der Waals surface area (Å²) in [5, 5.41) is 5.49. The molecule has 18 heavy (non-hydrogen) atoms. The Labute approximate surface area is 108 Å². The van der Waals surface area contributed by atoms with Crippen LogP contribution >= 0.6 is 0 Å². The van der Waals surface area contributed by atoms with Crippen molar-refractivity contribution in [2.45, 2.75) is 26.7 Å². The van der Waals surface area contributed by atoms with E-state index < -0.39 is 0 Å². The van der Waals surface area contributed by atoms with E-state index in [9.17, 15) is 0 Å². The van der Waals surface area contributed by atoms with Crippen molar-refractivity contribution in [1.29, 1.82) is 0 Å². The summed E-state index contributed by atoms with van der Waals surface area (Å²) in [6.45, 7) is 6.69. The van der Waals surface area contributed by atoms with Gasteiger partial charge in [0.15, 0.2) is 0 Å². The SMILES string of the molecule is Cc1ccc2c(c1)cc(C(C)C)c1ccccc12. The largest absolute Gasteiger partial charge is 0.0616 e. The lowest BCUT2D eigenvalue weighted by Crippen LogP contribution is -1.91. The average molecular weight is 234 g/mol. The normalized spacial score (nSPS) is 11.6. The van der Waals surface area contributed by atoms with Crippen LogP contribution in [0, 0.1) is 6.92 Å². The Morgan fingerprint density at radius 3 is 2.22 bits per heavy atom. The van der Waals surface area contributed by atoms with Crippen molar-refractivity contribution < 1.29 is 0 Å². The fourth-order valence-electron chi connectivity index (χ4n) is 2.74. The van der Waals surface area contributed by atoms with Gasteiger partial charge < -0.3 is 0 Å². The standard InChI is InChI=1S/C18H18/c1-12(2)18-11-14-10-13(3)8-9-15(14)16-6-4-5-7-17(16)18/h4-12H,1-3H3. The van der Waals surface area contributed by atoms with Crippen LogP contribution in [0.2, 0.25) is 0 Å². The third-order valence-electron chi connectivity index (χ3n) is 3.67.